The lowest BCUT2D eigenvalue weighted by molar-refractivity contribution is 0.0697. The summed E-state index contributed by atoms with van der Waals surface area (Å²) in [5, 5.41) is 9.95. The number of aromatic nitrogens is 2. The molecular formula is C14H12N2O2. The molecule has 90 valence electrons. The van der Waals surface area contributed by atoms with Gasteiger partial charge in [-0.1, -0.05) is 0 Å². The first-order chi connectivity index (χ1) is 8.72. The molecule has 2 heterocycles. The van der Waals surface area contributed by atoms with E-state index in [1.807, 2.05) is 18.2 Å². The molecule has 0 saturated heterocycles. The van der Waals surface area contributed by atoms with E-state index in [0.717, 1.165) is 28.5 Å². The van der Waals surface area contributed by atoms with Gasteiger partial charge < -0.3 is 9.67 Å². The third kappa shape index (κ3) is 1.39. The molecule has 1 N–H and O–H groups in total. The Bertz CT molecular complexity index is 759. The normalized spacial score (nSPS) is 11.2. The number of hydrogen-bond acceptors (Lipinski definition) is 2. The Morgan fingerprint density at radius 1 is 1.33 bits per heavy atom. The lowest BCUT2D eigenvalue weighted by Gasteiger charge is -2.02. The zero-order valence-electron chi connectivity index (χ0n) is 9.92. The summed E-state index contributed by atoms with van der Waals surface area (Å²) in [6, 6.07) is 9.08. The van der Waals surface area contributed by atoms with Crippen molar-refractivity contribution in [2.24, 2.45) is 0 Å². The van der Waals surface area contributed by atoms with Gasteiger partial charge in [0, 0.05) is 18.1 Å². The van der Waals surface area contributed by atoms with Crippen LogP contribution in [0.2, 0.25) is 0 Å². The van der Waals surface area contributed by atoms with Crippen molar-refractivity contribution in [2.75, 3.05) is 0 Å². The standard InChI is InChI=1S/C14H12N2O2/c1-2-16-11-6-5-9(14(17)18)8-10(11)13-12(16)4-3-7-15-13/h3-8H,2H2,1H3,(H,17,18). The third-order valence-electron chi connectivity index (χ3n) is 3.18. The summed E-state index contributed by atoms with van der Waals surface area (Å²) in [4.78, 5) is 15.4. The molecular weight excluding hydrogens is 228 g/mol. The maximum atomic E-state index is 11.0. The average Bonchev–Trinajstić information content (AvgIpc) is 2.71. The second-order valence-corrected chi connectivity index (χ2v) is 4.15. The second-order valence-electron chi connectivity index (χ2n) is 4.15. The zero-order chi connectivity index (χ0) is 12.7. The number of benzene rings is 1. The highest BCUT2D eigenvalue weighted by molar-refractivity contribution is 6.08. The molecule has 0 aliphatic heterocycles. The van der Waals surface area contributed by atoms with Gasteiger partial charge in [0.25, 0.3) is 0 Å². The first kappa shape index (κ1) is 10.8. The molecule has 0 aliphatic carbocycles. The van der Waals surface area contributed by atoms with E-state index in [1.165, 1.54) is 0 Å². The van der Waals surface area contributed by atoms with Gasteiger partial charge in [-0.2, -0.15) is 0 Å². The molecule has 3 rings (SSSR count). The van der Waals surface area contributed by atoms with Crippen LogP contribution in [-0.2, 0) is 6.54 Å². The molecule has 0 fully saturated rings. The molecule has 0 saturated carbocycles. The Hall–Kier alpha value is -2.36. The highest BCUT2D eigenvalue weighted by Gasteiger charge is 2.12. The number of pyridine rings is 1. The van der Waals surface area contributed by atoms with Crippen LogP contribution in [0, 0.1) is 0 Å². The van der Waals surface area contributed by atoms with Crippen LogP contribution < -0.4 is 0 Å². The molecule has 18 heavy (non-hydrogen) atoms. The lowest BCUT2D eigenvalue weighted by Crippen LogP contribution is -1.96. The molecule has 1 aromatic carbocycles. The van der Waals surface area contributed by atoms with Crippen molar-refractivity contribution in [3.05, 3.63) is 42.1 Å². The largest absolute Gasteiger partial charge is 0.478 e. The number of carboxylic acid groups (broad SMARTS) is 1. The quantitative estimate of drug-likeness (QED) is 0.749. The van der Waals surface area contributed by atoms with Crippen molar-refractivity contribution in [3.8, 4) is 0 Å². The molecule has 0 radical (unpaired) electrons. The number of aryl methyl sites for hydroxylation is 1. The summed E-state index contributed by atoms with van der Waals surface area (Å²) in [6.45, 7) is 2.90. The average molecular weight is 240 g/mol. The van der Waals surface area contributed by atoms with E-state index in [1.54, 1.807) is 18.3 Å². The van der Waals surface area contributed by atoms with Gasteiger partial charge in [0.1, 0.15) is 0 Å². The Morgan fingerprint density at radius 3 is 2.89 bits per heavy atom. The van der Waals surface area contributed by atoms with E-state index in [-0.39, 0.29) is 0 Å². The highest BCUT2D eigenvalue weighted by atomic mass is 16.4. The highest BCUT2D eigenvalue weighted by Crippen LogP contribution is 2.28. The summed E-state index contributed by atoms with van der Waals surface area (Å²) in [5.74, 6) is -0.912. The molecule has 4 heteroatoms. The van der Waals surface area contributed by atoms with Crippen molar-refractivity contribution < 1.29 is 9.90 Å². The number of carboxylic acids is 1. The van der Waals surface area contributed by atoms with Crippen molar-refractivity contribution in [3.63, 3.8) is 0 Å². The molecule has 4 nitrogen and oxygen atoms in total. The SMILES string of the molecule is CCn1c2ccc(C(=O)O)cc2c2ncccc21. The van der Waals surface area contributed by atoms with Gasteiger partial charge in [0.2, 0.25) is 0 Å². The van der Waals surface area contributed by atoms with E-state index < -0.39 is 5.97 Å². The molecule has 2 aromatic heterocycles. The molecule has 0 spiro atoms. The molecule has 0 atom stereocenters. The molecule has 0 aliphatic rings. The van der Waals surface area contributed by atoms with Crippen LogP contribution in [0.5, 0.6) is 0 Å². The van der Waals surface area contributed by atoms with Gasteiger partial charge in [0.15, 0.2) is 0 Å². The maximum absolute atomic E-state index is 11.0. The van der Waals surface area contributed by atoms with Crippen molar-refractivity contribution in [2.45, 2.75) is 13.5 Å². The van der Waals surface area contributed by atoms with Crippen LogP contribution in [-0.4, -0.2) is 20.6 Å². The Kier molecular flexibility index (Phi) is 2.30. The van der Waals surface area contributed by atoms with Crippen LogP contribution in [0.15, 0.2) is 36.5 Å². The van der Waals surface area contributed by atoms with Gasteiger partial charge >= 0.3 is 5.97 Å². The van der Waals surface area contributed by atoms with Crippen LogP contribution in [0.4, 0.5) is 0 Å². The van der Waals surface area contributed by atoms with Crippen LogP contribution in [0.3, 0.4) is 0 Å². The molecule has 0 bridgehead atoms. The first-order valence-electron chi connectivity index (χ1n) is 5.82. The molecule has 0 amide bonds. The van der Waals surface area contributed by atoms with Crippen molar-refractivity contribution >= 4 is 27.9 Å². The minimum Gasteiger partial charge on any atom is -0.478 e. The monoisotopic (exact) mass is 240 g/mol. The first-order valence-corrected chi connectivity index (χ1v) is 5.82. The van der Waals surface area contributed by atoms with Crippen LogP contribution in [0.25, 0.3) is 21.9 Å². The summed E-state index contributed by atoms with van der Waals surface area (Å²) >= 11 is 0. The zero-order valence-corrected chi connectivity index (χ0v) is 9.92. The summed E-state index contributed by atoms with van der Waals surface area (Å²) < 4.78 is 2.14. The van der Waals surface area contributed by atoms with Gasteiger partial charge in [-0.3, -0.25) is 4.98 Å². The van der Waals surface area contributed by atoms with E-state index in [2.05, 4.69) is 16.5 Å². The lowest BCUT2D eigenvalue weighted by atomic mass is 10.1. The number of nitrogens with zero attached hydrogens (tertiary/aromatic N) is 2. The van der Waals surface area contributed by atoms with Crippen LogP contribution >= 0.6 is 0 Å². The Balaban J connectivity index is 2.48. The minimum atomic E-state index is -0.912. The fraction of sp³-hybridized carbons (Fsp3) is 0.143. The van der Waals surface area contributed by atoms with Crippen molar-refractivity contribution in [1.29, 1.82) is 0 Å². The van der Waals surface area contributed by atoms with E-state index >= 15 is 0 Å². The summed E-state index contributed by atoms with van der Waals surface area (Å²) in [7, 11) is 0. The predicted octanol–water partition coefficient (Wildman–Crippen LogP) is 2.91. The number of rotatable bonds is 2. The van der Waals surface area contributed by atoms with Gasteiger partial charge in [0.05, 0.1) is 22.1 Å². The number of fused-ring (bicyclic) bond motifs is 3. The Morgan fingerprint density at radius 2 is 2.17 bits per heavy atom. The number of hydrogen-bond donors (Lipinski definition) is 1. The fourth-order valence-electron chi connectivity index (χ4n) is 2.39. The summed E-state index contributed by atoms with van der Waals surface area (Å²) in [6.07, 6.45) is 1.73. The van der Waals surface area contributed by atoms with Crippen molar-refractivity contribution in [1.82, 2.24) is 9.55 Å². The number of aromatic carboxylic acids is 1. The minimum absolute atomic E-state index is 0.295. The van der Waals surface area contributed by atoms with Gasteiger partial charge in [-0.25, -0.2) is 4.79 Å². The van der Waals surface area contributed by atoms with Crippen LogP contribution in [0.1, 0.15) is 17.3 Å². The predicted molar refractivity (Wildman–Crippen MR) is 69.9 cm³/mol. The topological polar surface area (TPSA) is 55.1 Å². The smallest absolute Gasteiger partial charge is 0.335 e. The molecule has 3 aromatic rings. The van der Waals surface area contributed by atoms with E-state index in [0.29, 0.717) is 5.56 Å². The molecule has 0 unspecified atom stereocenters. The number of carbonyl (C=O) groups is 1. The van der Waals surface area contributed by atoms with E-state index in [4.69, 9.17) is 5.11 Å². The maximum Gasteiger partial charge on any atom is 0.335 e. The van der Waals surface area contributed by atoms with Gasteiger partial charge in [-0.05, 0) is 37.3 Å². The second kappa shape index (κ2) is 3.84. The third-order valence-corrected chi connectivity index (χ3v) is 3.18. The Labute approximate surface area is 103 Å². The van der Waals surface area contributed by atoms with Gasteiger partial charge in [-0.15, -0.1) is 0 Å². The fourth-order valence-corrected chi connectivity index (χ4v) is 2.39. The summed E-state index contributed by atoms with van der Waals surface area (Å²) in [5.41, 5.74) is 3.22. The van der Waals surface area contributed by atoms with E-state index in [9.17, 15) is 4.79 Å².